The smallest absolute Gasteiger partial charge is 0.241 e. The molecule has 6 nitrogen and oxygen atoms in total. The molecule has 1 atom stereocenters. The molecule has 3 rings (SSSR count). The number of halogens is 1. The fourth-order valence-electron chi connectivity index (χ4n) is 2.37. The molecule has 0 spiro atoms. The molecule has 0 saturated carbocycles. The van der Waals surface area contributed by atoms with E-state index in [9.17, 15) is 4.79 Å². The second kappa shape index (κ2) is 8.45. The largest absolute Gasteiger partial charge is 0.438 e. The number of piperidine rings is 1. The second-order valence-electron chi connectivity index (χ2n) is 5.16. The van der Waals surface area contributed by atoms with Crippen molar-refractivity contribution >= 4 is 24.0 Å². The van der Waals surface area contributed by atoms with Gasteiger partial charge in [-0.3, -0.25) is 9.78 Å². The van der Waals surface area contributed by atoms with Crippen LogP contribution in [-0.2, 0) is 4.79 Å². The molecule has 122 valence electrons. The fourth-order valence-corrected chi connectivity index (χ4v) is 2.37. The third-order valence-corrected chi connectivity index (χ3v) is 3.51. The third kappa shape index (κ3) is 4.91. The van der Waals surface area contributed by atoms with Gasteiger partial charge in [-0.2, -0.15) is 0 Å². The summed E-state index contributed by atoms with van der Waals surface area (Å²) in [6.07, 6.45) is 7.82. The fraction of sp³-hybridized carbons (Fsp3) is 0.312. The molecule has 0 radical (unpaired) electrons. The molecule has 7 heteroatoms. The molecular formula is C16H19ClN4O2. The predicted molar refractivity (Wildman–Crippen MR) is 90.1 cm³/mol. The Morgan fingerprint density at radius 3 is 2.70 bits per heavy atom. The molecule has 0 aliphatic carbocycles. The lowest BCUT2D eigenvalue weighted by Gasteiger charge is -2.22. The van der Waals surface area contributed by atoms with Gasteiger partial charge in [-0.15, -0.1) is 12.4 Å². The Labute approximate surface area is 141 Å². The van der Waals surface area contributed by atoms with Gasteiger partial charge in [0.2, 0.25) is 11.8 Å². The highest BCUT2D eigenvalue weighted by atomic mass is 35.5. The number of anilines is 1. The molecule has 1 aliphatic heterocycles. The summed E-state index contributed by atoms with van der Waals surface area (Å²) < 4.78 is 5.56. The monoisotopic (exact) mass is 334 g/mol. The maximum absolute atomic E-state index is 12.1. The SMILES string of the molecule is Cl.O=C(Nc1ccc(Oc2cnccn2)cc1)[C@@H]1CCCCN1. The van der Waals surface area contributed by atoms with E-state index in [0.717, 1.165) is 31.5 Å². The maximum atomic E-state index is 12.1. The number of aromatic nitrogens is 2. The Bertz CT molecular complexity index is 616. The Balaban J connectivity index is 0.00000192. The minimum atomic E-state index is -0.0933. The number of hydrogen-bond acceptors (Lipinski definition) is 5. The lowest BCUT2D eigenvalue weighted by molar-refractivity contribution is -0.118. The predicted octanol–water partition coefficient (Wildman–Crippen LogP) is 2.77. The van der Waals surface area contributed by atoms with Crippen molar-refractivity contribution in [2.24, 2.45) is 0 Å². The molecule has 1 aliphatic rings. The number of ether oxygens (including phenoxy) is 1. The van der Waals surface area contributed by atoms with E-state index < -0.39 is 0 Å². The van der Waals surface area contributed by atoms with Crippen LogP contribution in [0.2, 0.25) is 0 Å². The van der Waals surface area contributed by atoms with Crippen molar-refractivity contribution in [2.45, 2.75) is 25.3 Å². The zero-order valence-electron chi connectivity index (χ0n) is 12.6. The van der Waals surface area contributed by atoms with E-state index in [0.29, 0.717) is 11.6 Å². The average molecular weight is 335 g/mol. The van der Waals surface area contributed by atoms with Gasteiger partial charge in [-0.1, -0.05) is 6.42 Å². The molecule has 1 aromatic heterocycles. The van der Waals surface area contributed by atoms with Gasteiger partial charge in [-0.25, -0.2) is 4.98 Å². The van der Waals surface area contributed by atoms with E-state index in [1.54, 1.807) is 30.7 Å². The Hall–Kier alpha value is -2.18. The first-order valence-electron chi connectivity index (χ1n) is 7.39. The van der Waals surface area contributed by atoms with Crippen molar-refractivity contribution in [1.82, 2.24) is 15.3 Å². The lowest BCUT2D eigenvalue weighted by atomic mass is 10.0. The number of amides is 1. The van der Waals surface area contributed by atoms with E-state index >= 15 is 0 Å². The van der Waals surface area contributed by atoms with Crippen LogP contribution in [0.4, 0.5) is 5.69 Å². The van der Waals surface area contributed by atoms with Crippen molar-refractivity contribution < 1.29 is 9.53 Å². The Morgan fingerprint density at radius 2 is 2.04 bits per heavy atom. The molecule has 2 aromatic rings. The molecule has 2 N–H and O–H groups in total. The highest BCUT2D eigenvalue weighted by molar-refractivity contribution is 5.94. The Morgan fingerprint density at radius 1 is 1.22 bits per heavy atom. The molecule has 1 aromatic carbocycles. The van der Waals surface area contributed by atoms with Crippen LogP contribution in [0.1, 0.15) is 19.3 Å². The van der Waals surface area contributed by atoms with E-state index in [4.69, 9.17) is 4.74 Å². The molecule has 0 bridgehead atoms. The normalized spacial score (nSPS) is 17.0. The summed E-state index contributed by atoms with van der Waals surface area (Å²) in [6, 6.07) is 7.11. The van der Waals surface area contributed by atoms with Gasteiger partial charge in [0.1, 0.15) is 5.75 Å². The van der Waals surface area contributed by atoms with Gasteiger partial charge in [-0.05, 0) is 43.7 Å². The lowest BCUT2D eigenvalue weighted by Crippen LogP contribution is -2.43. The topological polar surface area (TPSA) is 76.1 Å². The van der Waals surface area contributed by atoms with E-state index in [-0.39, 0.29) is 24.4 Å². The first-order chi connectivity index (χ1) is 10.8. The molecule has 1 saturated heterocycles. The van der Waals surface area contributed by atoms with Gasteiger partial charge in [0.15, 0.2) is 0 Å². The first kappa shape index (κ1) is 17.2. The molecule has 23 heavy (non-hydrogen) atoms. The number of carbonyl (C=O) groups is 1. The van der Waals surface area contributed by atoms with Crippen molar-refractivity contribution in [2.75, 3.05) is 11.9 Å². The summed E-state index contributed by atoms with van der Waals surface area (Å²) in [5, 5.41) is 6.15. The van der Waals surface area contributed by atoms with Gasteiger partial charge >= 0.3 is 0 Å². The molecule has 0 unspecified atom stereocenters. The average Bonchev–Trinajstić information content (AvgIpc) is 2.58. The number of hydrogen-bond donors (Lipinski definition) is 2. The molecule has 2 heterocycles. The van der Waals surface area contributed by atoms with Crippen LogP contribution in [0.25, 0.3) is 0 Å². The van der Waals surface area contributed by atoms with Gasteiger partial charge < -0.3 is 15.4 Å². The number of nitrogens with one attached hydrogen (secondary N) is 2. The van der Waals surface area contributed by atoms with Gasteiger partial charge in [0.25, 0.3) is 0 Å². The van der Waals surface area contributed by atoms with Crippen LogP contribution < -0.4 is 15.4 Å². The van der Waals surface area contributed by atoms with Crippen LogP contribution >= 0.6 is 12.4 Å². The van der Waals surface area contributed by atoms with Gasteiger partial charge in [0.05, 0.1) is 12.2 Å². The van der Waals surface area contributed by atoms with Crippen molar-refractivity contribution in [3.8, 4) is 11.6 Å². The van der Waals surface area contributed by atoms with Gasteiger partial charge in [0, 0.05) is 18.1 Å². The highest BCUT2D eigenvalue weighted by Gasteiger charge is 2.20. The number of rotatable bonds is 4. The number of nitrogens with zero attached hydrogens (tertiary/aromatic N) is 2. The van der Waals surface area contributed by atoms with Crippen LogP contribution in [0, 0.1) is 0 Å². The number of carbonyl (C=O) groups excluding carboxylic acids is 1. The van der Waals surface area contributed by atoms with E-state index in [1.165, 1.54) is 0 Å². The Kier molecular flexibility index (Phi) is 6.31. The minimum Gasteiger partial charge on any atom is -0.438 e. The summed E-state index contributed by atoms with van der Waals surface area (Å²) in [5.74, 6) is 1.10. The van der Waals surface area contributed by atoms with Crippen molar-refractivity contribution in [3.05, 3.63) is 42.9 Å². The van der Waals surface area contributed by atoms with Crippen LogP contribution in [0.3, 0.4) is 0 Å². The number of benzene rings is 1. The van der Waals surface area contributed by atoms with Crippen LogP contribution in [-0.4, -0.2) is 28.5 Å². The minimum absolute atomic E-state index is 0. The van der Waals surface area contributed by atoms with E-state index in [1.807, 2.05) is 12.1 Å². The summed E-state index contributed by atoms with van der Waals surface area (Å²) in [4.78, 5) is 20.1. The van der Waals surface area contributed by atoms with Crippen molar-refractivity contribution in [3.63, 3.8) is 0 Å². The van der Waals surface area contributed by atoms with Crippen molar-refractivity contribution in [1.29, 1.82) is 0 Å². The summed E-state index contributed by atoms with van der Waals surface area (Å²) >= 11 is 0. The summed E-state index contributed by atoms with van der Waals surface area (Å²) in [7, 11) is 0. The highest BCUT2D eigenvalue weighted by Crippen LogP contribution is 2.21. The van der Waals surface area contributed by atoms with Crippen LogP contribution in [0.15, 0.2) is 42.9 Å². The zero-order valence-corrected chi connectivity index (χ0v) is 13.4. The standard InChI is InChI=1S/C16H18N4O2.ClH/c21-16(14-3-1-2-8-18-14)20-12-4-6-13(7-5-12)22-15-11-17-9-10-19-15;/h4-7,9-11,14,18H,1-3,8H2,(H,20,21);1H/t14-;/m0./s1. The third-order valence-electron chi connectivity index (χ3n) is 3.51. The second-order valence-corrected chi connectivity index (χ2v) is 5.16. The molecule has 1 amide bonds. The van der Waals surface area contributed by atoms with E-state index in [2.05, 4.69) is 20.6 Å². The summed E-state index contributed by atoms with van der Waals surface area (Å²) in [5.41, 5.74) is 0.754. The summed E-state index contributed by atoms with van der Waals surface area (Å²) in [6.45, 7) is 0.906. The molecule has 1 fully saturated rings. The quantitative estimate of drug-likeness (QED) is 0.899. The van der Waals surface area contributed by atoms with Crippen LogP contribution in [0.5, 0.6) is 11.6 Å². The first-order valence-corrected chi connectivity index (χ1v) is 7.39. The maximum Gasteiger partial charge on any atom is 0.241 e. The zero-order chi connectivity index (χ0) is 15.2. The molecular weight excluding hydrogens is 316 g/mol.